The molecule has 4 N–H and O–H groups in total. The second-order valence-corrected chi connectivity index (χ2v) is 5.15. The number of nitrogen functional groups attached to an aromatic ring is 1. The zero-order valence-corrected chi connectivity index (χ0v) is 12.9. The molecule has 0 aliphatic carbocycles. The number of rotatable bonds is 9. The number of carbonyl (C=O) groups excluding carboxylic acids is 2. The van der Waals surface area contributed by atoms with Crippen LogP contribution < -0.4 is 11.3 Å². The van der Waals surface area contributed by atoms with Crippen molar-refractivity contribution >= 4 is 11.9 Å². The third-order valence-corrected chi connectivity index (χ3v) is 3.28. The second kappa shape index (κ2) is 9.78. The van der Waals surface area contributed by atoms with Gasteiger partial charge >= 0.3 is 5.97 Å². The summed E-state index contributed by atoms with van der Waals surface area (Å²) in [6.07, 6.45) is 6.60. The number of hydrazine groups is 1. The molecule has 6 heteroatoms. The first-order valence-corrected chi connectivity index (χ1v) is 7.60. The molecule has 0 aromatic heterocycles. The minimum Gasteiger partial charge on any atom is -0.508 e. The van der Waals surface area contributed by atoms with Gasteiger partial charge in [-0.05, 0) is 24.6 Å². The molecule has 6 nitrogen and oxygen atoms in total. The molecule has 0 spiro atoms. The van der Waals surface area contributed by atoms with Crippen molar-refractivity contribution in [3.63, 3.8) is 0 Å². The van der Waals surface area contributed by atoms with Gasteiger partial charge in [0.1, 0.15) is 5.75 Å². The maximum absolute atomic E-state index is 11.9. The molecule has 0 unspecified atom stereocenters. The highest BCUT2D eigenvalue weighted by molar-refractivity contribution is 5.98. The van der Waals surface area contributed by atoms with Crippen molar-refractivity contribution in [1.29, 1.82) is 0 Å². The number of hydrogen-bond donors (Lipinski definition) is 3. The van der Waals surface area contributed by atoms with Crippen LogP contribution in [0.5, 0.6) is 5.75 Å². The average molecular weight is 308 g/mol. The minimum atomic E-state index is -0.583. The summed E-state index contributed by atoms with van der Waals surface area (Å²) in [4.78, 5) is 23.3. The predicted molar refractivity (Wildman–Crippen MR) is 83.4 cm³/mol. The van der Waals surface area contributed by atoms with Crippen LogP contribution >= 0.6 is 0 Å². The summed E-state index contributed by atoms with van der Waals surface area (Å²) in [6.45, 7) is 2.50. The lowest BCUT2D eigenvalue weighted by atomic mass is 10.1. The normalized spacial score (nSPS) is 10.3. The van der Waals surface area contributed by atoms with Crippen LogP contribution in [0.15, 0.2) is 18.2 Å². The van der Waals surface area contributed by atoms with Crippen molar-refractivity contribution < 1.29 is 19.4 Å². The first kappa shape index (κ1) is 18.0. The van der Waals surface area contributed by atoms with Crippen LogP contribution in [0.2, 0.25) is 0 Å². The van der Waals surface area contributed by atoms with Gasteiger partial charge in [0.05, 0.1) is 12.2 Å². The Hall–Kier alpha value is -2.08. The standard InChI is InChI=1S/C16H24N2O4/c1-2-3-4-5-6-7-8-22-16(21)13-9-12(15(20)18-17)10-14(19)11-13/h9-11,19H,2-8,17H2,1H3,(H,18,20). The summed E-state index contributed by atoms with van der Waals surface area (Å²) in [7, 11) is 0. The largest absolute Gasteiger partial charge is 0.508 e. The number of benzene rings is 1. The lowest BCUT2D eigenvalue weighted by Crippen LogP contribution is -2.30. The second-order valence-electron chi connectivity index (χ2n) is 5.15. The molecule has 22 heavy (non-hydrogen) atoms. The number of ether oxygens (including phenoxy) is 1. The summed E-state index contributed by atoms with van der Waals surface area (Å²) in [5.74, 6) is 3.70. The maximum Gasteiger partial charge on any atom is 0.338 e. The summed E-state index contributed by atoms with van der Waals surface area (Å²) in [5, 5.41) is 9.55. The van der Waals surface area contributed by atoms with E-state index in [0.717, 1.165) is 19.3 Å². The molecule has 0 heterocycles. The van der Waals surface area contributed by atoms with E-state index in [-0.39, 0.29) is 16.9 Å². The van der Waals surface area contributed by atoms with Crippen LogP contribution in [0, 0.1) is 0 Å². The van der Waals surface area contributed by atoms with Crippen molar-refractivity contribution in [2.45, 2.75) is 45.4 Å². The minimum absolute atomic E-state index is 0.106. The number of carbonyl (C=O) groups is 2. The fourth-order valence-electron chi connectivity index (χ4n) is 2.07. The van der Waals surface area contributed by atoms with Crippen LogP contribution in [0.3, 0.4) is 0 Å². The topological polar surface area (TPSA) is 102 Å². The zero-order valence-electron chi connectivity index (χ0n) is 12.9. The van der Waals surface area contributed by atoms with Crippen LogP contribution in [-0.2, 0) is 4.74 Å². The predicted octanol–water partition coefficient (Wildman–Crippen LogP) is 2.51. The molecule has 122 valence electrons. The molecule has 0 bridgehead atoms. The molecule has 0 aliphatic heterocycles. The highest BCUT2D eigenvalue weighted by atomic mass is 16.5. The van der Waals surface area contributed by atoms with E-state index in [1.54, 1.807) is 0 Å². The Morgan fingerprint density at radius 1 is 1.09 bits per heavy atom. The number of esters is 1. The van der Waals surface area contributed by atoms with E-state index in [1.165, 1.54) is 37.5 Å². The first-order valence-electron chi connectivity index (χ1n) is 7.60. The molecule has 0 saturated heterocycles. The number of nitrogens with one attached hydrogen (secondary N) is 1. The maximum atomic E-state index is 11.9. The van der Waals surface area contributed by atoms with E-state index in [4.69, 9.17) is 10.6 Å². The molecule has 0 atom stereocenters. The molecule has 1 aromatic carbocycles. The van der Waals surface area contributed by atoms with E-state index in [1.807, 2.05) is 5.43 Å². The van der Waals surface area contributed by atoms with Gasteiger partial charge in [-0.1, -0.05) is 39.0 Å². The third-order valence-electron chi connectivity index (χ3n) is 3.28. The van der Waals surface area contributed by atoms with Crippen molar-refractivity contribution in [3.8, 4) is 5.75 Å². The number of amides is 1. The SMILES string of the molecule is CCCCCCCCOC(=O)c1cc(O)cc(C(=O)NN)c1. The van der Waals surface area contributed by atoms with Crippen molar-refractivity contribution in [2.75, 3.05) is 6.61 Å². The van der Waals surface area contributed by atoms with Gasteiger partial charge in [0.25, 0.3) is 5.91 Å². The van der Waals surface area contributed by atoms with E-state index >= 15 is 0 Å². The molecule has 0 saturated carbocycles. The molecule has 1 aromatic rings. The van der Waals surface area contributed by atoms with Crippen LogP contribution in [0.4, 0.5) is 0 Å². The van der Waals surface area contributed by atoms with Gasteiger partial charge in [-0.15, -0.1) is 0 Å². The van der Waals surface area contributed by atoms with Crippen LogP contribution in [0.25, 0.3) is 0 Å². The van der Waals surface area contributed by atoms with Gasteiger partial charge in [-0.2, -0.15) is 0 Å². The fraction of sp³-hybridized carbons (Fsp3) is 0.500. The number of aromatic hydroxyl groups is 1. The molecule has 0 aliphatic rings. The Kier molecular flexibility index (Phi) is 7.99. The molecular weight excluding hydrogens is 284 g/mol. The van der Waals surface area contributed by atoms with E-state index < -0.39 is 11.9 Å². The zero-order chi connectivity index (χ0) is 16.4. The van der Waals surface area contributed by atoms with E-state index in [0.29, 0.717) is 6.61 Å². The van der Waals surface area contributed by atoms with E-state index in [9.17, 15) is 14.7 Å². The number of unbranched alkanes of at least 4 members (excludes halogenated alkanes) is 5. The van der Waals surface area contributed by atoms with Gasteiger partial charge in [0.2, 0.25) is 0 Å². The van der Waals surface area contributed by atoms with Crippen LogP contribution in [0.1, 0.15) is 66.2 Å². The lowest BCUT2D eigenvalue weighted by molar-refractivity contribution is 0.0497. The van der Waals surface area contributed by atoms with Crippen molar-refractivity contribution in [2.24, 2.45) is 5.84 Å². The number of phenols is 1. The summed E-state index contributed by atoms with van der Waals surface area (Å²) in [6, 6.07) is 3.83. The Morgan fingerprint density at radius 3 is 2.41 bits per heavy atom. The molecule has 0 radical (unpaired) electrons. The van der Waals surface area contributed by atoms with Crippen molar-refractivity contribution in [3.05, 3.63) is 29.3 Å². The lowest BCUT2D eigenvalue weighted by Gasteiger charge is -2.07. The number of hydrogen-bond acceptors (Lipinski definition) is 5. The monoisotopic (exact) mass is 308 g/mol. The average Bonchev–Trinajstić information content (AvgIpc) is 2.52. The molecule has 1 amide bonds. The third kappa shape index (κ3) is 6.13. The summed E-state index contributed by atoms with van der Waals surface area (Å²) in [5.41, 5.74) is 2.18. The Bertz CT molecular complexity index is 503. The highest BCUT2D eigenvalue weighted by Gasteiger charge is 2.13. The van der Waals surface area contributed by atoms with Gasteiger partial charge in [0, 0.05) is 5.56 Å². The van der Waals surface area contributed by atoms with Gasteiger partial charge in [0.15, 0.2) is 0 Å². The summed E-state index contributed by atoms with van der Waals surface area (Å²) >= 11 is 0. The van der Waals surface area contributed by atoms with Crippen molar-refractivity contribution in [1.82, 2.24) is 5.43 Å². The highest BCUT2D eigenvalue weighted by Crippen LogP contribution is 2.17. The number of phenolic OH excluding ortho intramolecular Hbond substituents is 1. The fourth-order valence-corrected chi connectivity index (χ4v) is 2.07. The Morgan fingerprint density at radius 2 is 1.73 bits per heavy atom. The molecule has 0 fully saturated rings. The smallest absolute Gasteiger partial charge is 0.338 e. The van der Waals surface area contributed by atoms with Gasteiger partial charge < -0.3 is 9.84 Å². The van der Waals surface area contributed by atoms with Gasteiger partial charge in [-0.3, -0.25) is 10.2 Å². The first-order chi connectivity index (χ1) is 10.6. The van der Waals surface area contributed by atoms with E-state index in [2.05, 4.69) is 6.92 Å². The Labute approximate surface area is 130 Å². The number of nitrogens with two attached hydrogens (primary N) is 1. The molecular formula is C16H24N2O4. The van der Waals surface area contributed by atoms with Crippen LogP contribution in [-0.4, -0.2) is 23.6 Å². The van der Waals surface area contributed by atoms with Gasteiger partial charge in [-0.25, -0.2) is 10.6 Å². The quantitative estimate of drug-likeness (QED) is 0.214. The molecule has 1 rings (SSSR count). The summed E-state index contributed by atoms with van der Waals surface area (Å²) < 4.78 is 5.14. The Balaban J connectivity index is 2.45.